The van der Waals surface area contributed by atoms with Gasteiger partial charge in [-0.25, -0.2) is 0 Å². The van der Waals surface area contributed by atoms with Gasteiger partial charge in [0.25, 0.3) is 0 Å². The van der Waals surface area contributed by atoms with Crippen LogP contribution in [0.1, 0.15) is 25.7 Å². The van der Waals surface area contributed by atoms with Crippen molar-refractivity contribution in [2.24, 2.45) is 11.8 Å². The zero-order chi connectivity index (χ0) is 7.14. The summed E-state index contributed by atoms with van der Waals surface area (Å²) < 4.78 is 1.36. The predicted molar refractivity (Wildman–Crippen MR) is 42.8 cm³/mol. The Hall–Kier alpha value is 0.540. The first-order valence-electron chi connectivity index (χ1n) is 3.88. The molecule has 0 saturated heterocycles. The molecule has 0 N–H and O–H groups in total. The van der Waals surface area contributed by atoms with Gasteiger partial charge in [0.05, 0.1) is 0 Å². The fourth-order valence-electron chi connectivity index (χ4n) is 2.45. The first-order chi connectivity index (χ1) is 4.77. The number of fused-ring (bicyclic) bond motifs is 2. The molecular formula is C7H11Cl2N. The molecule has 0 amide bonds. The van der Waals surface area contributed by atoms with Crippen LogP contribution in [0.25, 0.3) is 0 Å². The van der Waals surface area contributed by atoms with Crippen LogP contribution in [0.4, 0.5) is 0 Å². The van der Waals surface area contributed by atoms with E-state index in [1.54, 1.807) is 0 Å². The first-order valence-corrected chi connectivity index (χ1v) is 4.56. The first kappa shape index (κ1) is 7.20. The van der Waals surface area contributed by atoms with Crippen LogP contribution < -0.4 is 0 Å². The van der Waals surface area contributed by atoms with Crippen LogP contribution in [0.5, 0.6) is 0 Å². The minimum Gasteiger partial charge on any atom is -0.128 e. The van der Waals surface area contributed by atoms with Gasteiger partial charge in [-0.15, -0.1) is 3.94 Å². The van der Waals surface area contributed by atoms with Crippen LogP contribution in [-0.2, 0) is 0 Å². The molecule has 3 heteroatoms. The van der Waals surface area contributed by atoms with Crippen molar-refractivity contribution in [2.45, 2.75) is 31.7 Å². The molecule has 1 nitrogen and oxygen atoms in total. The zero-order valence-corrected chi connectivity index (χ0v) is 7.28. The molecule has 2 aliphatic rings. The molecular weight excluding hydrogens is 169 g/mol. The second-order valence-electron chi connectivity index (χ2n) is 3.50. The summed E-state index contributed by atoms with van der Waals surface area (Å²) in [5, 5.41) is 0. The highest BCUT2D eigenvalue weighted by molar-refractivity contribution is 6.34. The van der Waals surface area contributed by atoms with Crippen molar-refractivity contribution in [3.05, 3.63) is 0 Å². The third kappa shape index (κ3) is 1.05. The number of hydrogen-bond acceptors (Lipinski definition) is 1. The highest BCUT2D eigenvalue weighted by Gasteiger charge is 2.41. The predicted octanol–water partition coefficient (Wildman–Crippen LogP) is 2.78. The van der Waals surface area contributed by atoms with E-state index in [0.29, 0.717) is 6.04 Å². The van der Waals surface area contributed by atoms with Crippen molar-refractivity contribution < 1.29 is 0 Å². The Balaban J connectivity index is 2.02. The Bertz CT molecular complexity index is 138. The van der Waals surface area contributed by atoms with Crippen LogP contribution in [0.3, 0.4) is 0 Å². The maximum absolute atomic E-state index is 5.68. The minimum absolute atomic E-state index is 0.460. The molecule has 0 radical (unpaired) electrons. The van der Waals surface area contributed by atoms with Crippen LogP contribution >= 0.6 is 23.6 Å². The molecule has 3 atom stereocenters. The summed E-state index contributed by atoms with van der Waals surface area (Å²) in [6, 6.07) is 0.460. The van der Waals surface area contributed by atoms with Gasteiger partial charge in [-0.05, 0) is 54.7 Å². The molecule has 58 valence electrons. The van der Waals surface area contributed by atoms with Crippen molar-refractivity contribution in [1.29, 1.82) is 0 Å². The number of rotatable bonds is 1. The molecule has 0 aromatic heterocycles. The van der Waals surface area contributed by atoms with Crippen molar-refractivity contribution in [2.75, 3.05) is 0 Å². The summed E-state index contributed by atoms with van der Waals surface area (Å²) in [6.45, 7) is 0. The molecule has 0 aliphatic heterocycles. The lowest BCUT2D eigenvalue weighted by atomic mass is 9.96. The zero-order valence-electron chi connectivity index (χ0n) is 5.76. The third-order valence-electron chi connectivity index (χ3n) is 2.95. The largest absolute Gasteiger partial charge is 0.128 e. The highest BCUT2D eigenvalue weighted by atomic mass is 35.5. The molecule has 2 rings (SSSR count). The Kier molecular flexibility index (Phi) is 1.83. The highest BCUT2D eigenvalue weighted by Crippen LogP contribution is 2.47. The smallest absolute Gasteiger partial charge is 0.0447 e. The summed E-state index contributed by atoms with van der Waals surface area (Å²) in [4.78, 5) is 0. The third-order valence-corrected chi connectivity index (χ3v) is 3.45. The quantitative estimate of drug-likeness (QED) is 0.561. The lowest BCUT2D eigenvalue weighted by Crippen LogP contribution is -2.25. The van der Waals surface area contributed by atoms with E-state index < -0.39 is 0 Å². The van der Waals surface area contributed by atoms with Crippen LogP contribution in [0.15, 0.2) is 0 Å². The SMILES string of the molecule is ClN(Cl)[C@@H]1C[C@@H]2CC[C@H]1C2. The van der Waals surface area contributed by atoms with Crippen LogP contribution in [-0.4, -0.2) is 9.98 Å². The molecule has 10 heavy (non-hydrogen) atoms. The van der Waals surface area contributed by atoms with E-state index in [0.717, 1.165) is 11.8 Å². The summed E-state index contributed by atoms with van der Waals surface area (Å²) in [5.74, 6) is 1.72. The normalized spacial score (nSPS) is 45.3. The summed E-state index contributed by atoms with van der Waals surface area (Å²) in [5.41, 5.74) is 0. The fraction of sp³-hybridized carbons (Fsp3) is 1.00. The van der Waals surface area contributed by atoms with E-state index in [1.165, 1.54) is 29.6 Å². The van der Waals surface area contributed by atoms with Crippen LogP contribution in [0, 0.1) is 11.8 Å². The average molecular weight is 180 g/mol. The van der Waals surface area contributed by atoms with Gasteiger partial charge in [-0.3, -0.25) is 0 Å². The van der Waals surface area contributed by atoms with Crippen LogP contribution in [0.2, 0.25) is 0 Å². The van der Waals surface area contributed by atoms with Gasteiger partial charge in [0, 0.05) is 6.04 Å². The minimum atomic E-state index is 0.460. The van der Waals surface area contributed by atoms with Gasteiger partial charge in [0.2, 0.25) is 0 Å². The summed E-state index contributed by atoms with van der Waals surface area (Å²) in [6.07, 6.45) is 5.33. The molecule has 2 bridgehead atoms. The van der Waals surface area contributed by atoms with E-state index in [9.17, 15) is 0 Å². The Labute approximate surface area is 71.5 Å². The molecule has 2 saturated carbocycles. The van der Waals surface area contributed by atoms with E-state index in [2.05, 4.69) is 0 Å². The van der Waals surface area contributed by atoms with Crippen molar-refractivity contribution in [3.8, 4) is 0 Å². The second kappa shape index (κ2) is 2.54. The Morgan fingerprint density at radius 2 is 1.90 bits per heavy atom. The van der Waals surface area contributed by atoms with E-state index in [1.807, 2.05) is 0 Å². The lowest BCUT2D eigenvalue weighted by Gasteiger charge is -2.23. The van der Waals surface area contributed by atoms with Gasteiger partial charge in [-0.1, -0.05) is 6.42 Å². The summed E-state index contributed by atoms with van der Waals surface area (Å²) in [7, 11) is 0. The van der Waals surface area contributed by atoms with Gasteiger partial charge < -0.3 is 0 Å². The second-order valence-corrected chi connectivity index (χ2v) is 4.40. The Morgan fingerprint density at radius 1 is 1.10 bits per heavy atom. The number of halogens is 2. The number of nitrogens with zero attached hydrogens (tertiary/aromatic N) is 1. The maximum Gasteiger partial charge on any atom is 0.0447 e. The van der Waals surface area contributed by atoms with Gasteiger partial charge in [0.15, 0.2) is 0 Å². The lowest BCUT2D eigenvalue weighted by molar-refractivity contribution is 0.328. The number of hydrogen-bond donors (Lipinski definition) is 0. The van der Waals surface area contributed by atoms with E-state index in [-0.39, 0.29) is 0 Å². The van der Waals surface area contributed by atoms with Crippen molar-refractivity contribution >= 4 is 23.6 Å². The standard InChI is InChI=1S/C7H11Cl2N/c8-10(9)7-4-5-1-2-6(7)3-5/h5-7H,1-4H2/t5-,6+,7-/m1/s1. The molecule has 2 fully saturated rings. The Morgan fingerprint density at radius 3 is 2.20 bits per heavy atom. The van der Waals surface area contributed by atoms with Gasteiger partial charge in [-0.2, -0.15) is 0 Å². The fourth-order valence-corrected chi connectivity index (χ4v) is 2.93. The molecule has 0 aromatic carbocycles. The van der Waals surface area contributed by atoms with E-state index >= 15 is 0 Å². The van der Waals surface area contributed by atoms with Gasteiger partial charge >= 0.3 is 0 Å². The van der Waals surface area contributed by atoms with Crippen molar-refractivity contribution in [3.63, 3.8) is 0 Å². The molecule has 0 heterocycles. The monoisotopic (exact) mass is 179 g/mol. The maximum atomic E-state index is 5.68. The van der Waals surface area contributed by atoms with Gasteiger partial charge in [0.1, 0.15) is 0 Å². The topological polar surface area (TPSA) is 3.24 Å². The molecule has 2 aliphatic carbocycles. The molecule has 0 spiro atoms. The molecule has 0 unspecified atom stereocenters. The molecule has 0 aromatic rings. The van der Waals surface area contributed by atoms with E-state index in [4.69, 9.17) is 23.6 Å². The average Bonchev–Trinajstić information content (AvgIpc) is 2.44. The van der Waals surface area contributed by atoms with Crippen molar-refractivity contribution in [1.82, 2.24) is 3.94 Å². The summed E-state index contributed by atoms with van der Waals surface area (Å²) >= 11 is 11.4.